The molecular weight excluding hydrogens is 262 g/mol. The predicted octanol–water partition coefficient (Wildman–Crippen LogP) is 3.08. The Balaban J connectivity index is 2.15. The van der Waals surface area contributed by atoms with E-state index in [1.165, 1.54) is 11.9 Å². The van der Waals surface area contributed by atoms with E-state index in [-0.39, 0.29) is 0 Å². The highest BCUT2D eigenvalue weighted by atomic mass is 35.5. The van der Waals surface area contributed by atoms with Crippen LogP contribution in [0, 0.1) is 6.92 Å². The van der Waals surface area contributed by atoms with Crippen molar-refractivity contribution in [3.8, 4) is 5.75 Å². The van der Waals surface area contributed by atoms with Gasteiger partial charge in [-0.05, 0) is 24.6 Å². The topological polar surface area (TPSA) is 38.2 Å². The minimum absolute atomic E-state index is 0.492. The van der Waals surface area contributed by atoms with Crippen molar-refractivity contribution in [2.75, 3.05) is 19.1 Å². The van der Waals surface area contributed by atoms with E-state index in [0.717, 1.165) is 23.7 Å². The summed E-state index contributed by atoms with van der Waals surface area (Å²) in [6.07, 6.45) is 1.48. The van der Waals surface area contributed by atoms with Crippen molar-refractivity contribution in [2.24, 2.45) is 0 Å². The number of rotatable bonds is 4. The fourth-order valence-corrected chi connectivity index (χ4v) is 2.01. The number of halogens is 1. The van der Waals surface area contributed by atoms with Crippen molar-refractivity contribution in [2.45, 2.75) is 13.5 Å². The molecule has 0 atom stereocenters. The number of anilines is 1. The number of nitrogens with zero attached hydrogens (tertiary/aromatic N) is 3. The number of aromatic nitrogens is 2. The minimum Gasteiger partial charge on any atom is -0.497 e. The lowest BCUT2D eigenvalue weighted by Crippen LogP contribution is -2.19. The van der Waals surface area contributed by atoms with E-state index in [9.17, 15) is 0 Å². The van der Waals surface area contributed by atoms with Crippen LogP contribution in [0.2, 0.25) is 5.15 Å². The monoisotopic (exact) mass is 277 g/mol. The second-order valence-corrected chi connectivity index (χ2v) is 4.68. The van der Waals surface area contributed by atoms with Gasteiger partial charge in [0.25, 0.3) is 0 Å². The van der Waals surface area contributed by atoms with Crippen LogP contribution in [0.25, 0.3) is 0 Å². The van der Waals surface area contributed by atoms with Gasteiger partial charge in [-0.15, -0.1) is 0 Å². The molecule has 4 nitrogen and oxygen atoms in total. The van der Waals surface area contributed by atoms with Gasteiger partial charge in [0.15, 0.2) is 0 Å². The summed E-state index contributed by atoms with van der Waals surface area (Å²) in [5.74, 6) is 1.70. The summed E-state index contributed by atoms with van der Waals surface area (Å²) in [5.41, 5.74) is 2.07. The van der Waals surface area contributed by atoms with Gasteiger partial charge in [-0.2, -0.15) is 0 Å². The zero-order valence-electron chi connectivity index (χ0n) is 11.2. The van der Waals surface area contributed by atoms with Crippen LogP contribution in [0.4, 0.5) is 5.82 Å². The largest absolute Gasteiger partial charge is 0.497 e. The fraction of sp³-hybridized carbons (Fsp3) is 0.286. The average molecular weight is 278 g/mol. The van der Waals surface area contributed by atoms with Crippen LogP contribution < -0.4 is 9.64 Å². The Morgan fingerprint density at radius 2 is 1.89 bits per heavy atom. The molecule has 0 radical (unpaired) electrons. The third kappa shape index (κ3) is 3.15. The molecule has 0 aliphatic rings. The summed E-state index contributed by atoms with van der Waals surface area (Å²) in [7, 11) is 3.64. The van der Waals surface area contributed by atoms with E-state index in [1.54, 1.807) is 7.11 Å². The van der Waals surface area contributed by atoms with Gasteiger partial charge in [-0.3, -0.25) is 0 Å². The molecule has 0 fully saturated rings. The lowest BCUT2D eigenvalue weighted by atomic mass is 10.2. The van der Waals surface area contributed by atoms with Gasteiger partial charge in [0.05, 0.1) is 7.11 Å². The van der Waals surface area contributed by atoms with Crippen molar-refractivity contribution in [3.05, 3.63) is 46.9 Å². The van der Waals surface area contributed by atoms with Crippen molar-refractivity contribution in [1.82, 2.24) is 9.97 Å². The van der Waals surface area contributed by atoms with E-state index in [4.69, 9.17) is 16.3 Å². The Labute approximate surface area is 118 Å². The first-order chi connectivity index (χ1) is 9.11. The van der Waals surface area contributed by atoms with E-state index in [2.05, 4.69) is 9.97 Å². The molecule has 0 aliphatic carbocycles. The molecule has 2 rings (SSSR count). The Morgan fingerprint density at radius 3 is 2.53 bits per heavy atom. The van der Waals surface area contributed by atoms with Gasteiger partial charge in [0.1, 0.15) is 23.0 Å². The third-order valence-electron chi connectivity index (χ3n) is 2.94. The minimum atomic E-state index is 0.492. The zero-order chi connectivity index (χ0) is 13.8. The molecule has 0 aliphatic heterocycles. The smallest absolute Gasteiger partial charge is 0.137 e. The molecule has 2 aromatic rings. The molecule has 5 heteroatoms. The van der Waals surface area contributed by atoms with Gasteiger partial charge in [0, 0.05) is 19.2 Å². The van der Waals surface area contributed by atoms with Gasteiger partial charge in [-0.1, -0.05) is 23.7 Å². The third-order valence-corrected chi connectivity index (χ3v) is 3.32. The van der Waals surface area contributed by atoms with Crippen molar-refractivity contribution < 1.29 is 4.74 Å². The van der Waals surface area contributed by atoms with E-state index in [0.29, 0.717) is 5.15 Å². The van der Waals surface area contributed by atoms with E-state index < -0.39 is 0 Å². The normalized spacial score (nSPS) is 10.3. The first-order valence-corrected chi connectivity index (χ1v) is 6.30. The summed E-state index contributed by atoms with van der Waals surface area (Å²) >= 11 is 6.01. The molecule has 19 heavy (non-hydrogen) atoms. The first kappa shape index (κ1) is 13.6. The molecule has 0 bridgehead atoms. The standard InChI is InChI=1S/C14H16ClN3O/c1-10-13(15)16-9-17-14(10)18(2)8-11-4-6-12(19-3)7-5-11/h4-7,9H,8H2,1-3H3. The number of hydrogen-bond acceptors (Lipinski definition) is 4. The Bertz CT molecular complexity index is 557. The molecule has 0 saturated carbocycles. The molecule has 1 aromatic heterocycles. The Kier molecular flexibility index (Phi) is 4.22. The van der Waals surface area contributed by atoms with Gasteiger partial charge < -0.3 is 9.64 Å². The predicted molar refractivity (Wildman–Crippen MR) is 76.9 cm³/mol. The molecule has 1 heterocycles. The summed E-state index contributed by atoms with van der Waals surface area (Å²) in [6.45, 7) is 2.67. The highest BCUT2D eigenvalue weighted by Gasteiger charge is 2.10. The highest BCUT2D eigenvalue weighted by Crippen LogP contribution is 2.22. The quantitative estimate of drug-likeness (QED) is 0.805. The number of hydrogen-bond donors (Lipinski definition) is 0. The van der Waals surface area contributed by atoms with Crippen LogP contribution in [0.3, 0.4) is 0 Å². The average Bonchev–Trinajstić information content (AvgIpc) is 2.42. The number of benzene rings is 1. The maximum Gasteiger partial charge on any atom is 0.137 e. The molecule has 0 N–H and O–H groups in total. The van der Waals surface area contributed by atoms with E-state index in [1.807, 2.05) is 43.1 Å². The maximum atomic E-state index is 6.01. The molecule has 0 amide bonds. The van der Waals surface area contributed by atoms with Crippen molar-refractivity contribution >= 4 is 17.4 Å². The summed E-state index contributed by atoms with van der Waals surface area (Å²) < 4.78 is 5.14. The molecule has 0 spiro atoms. The lowest BCUT2D eigenvalue weighted by molar-refractivity contribution is 0.414. The van der Waals surface area contributed by atoms with Gasteiger partial charge in [0.2, 0.25) is 0 Å². The van der Waals surface area contributed by atoms with E-state index >= 15 is 0 Å². The molecule has 0 unspecified atom stereocenters. The molecule has 0 saturated heterocycles. The summed E-state index contributed by atoms with van der Waals surface area (Å²) in [6, 6.07) is 7.97. The van der Waals surface area contributed by atoms with Crippen LogP contribution in [0.5, 0.6) is 5.75 Å². The molecule has 100 valence electrons. The van der Waals surface area contributed by atoms with Crippen LogP contribution in [0.15, 0.2) is 30.6 Å². The number of ether oxygens (including phenoxy) is 1. The van der Waals surface area contributed by atoms with Crippen LogP contribution in [0.1, 0.15) is 11.1 Å². The first-order valence-electron chi connectivity index (χ1n) is 5.93. The second-order valence-electron chi connectivity index (χ2n) is 4.32. The van der Waals surface area contributed by atoms with Crippen LogP contribution in [-0.4, -0.2) is 24.1 Å². The summed E-state index contributed by atoms with van der Waals surface area (Å²) in [5, 5.41) is 0.492. The molecular formula is C14H16ClN3O. The highest BCUT2D eigenvalue weighted by molar-refractivity contribution is 6.30. The maximum absolute atomic E-state index is 6.01. The SMILES string of the molecule is COc1ccc(CN(C)c2ncnc(Cl)c2C)cc1. The fourth-order valence-electron chi connectivity index (χ4n) is 1.88. The Morgan fingerprint density at radius 1 is 1.21 bits per heavy atom. The zero-order valence-corrected chi connectivity index (χ0v) is 12.0. The molecule has 1 aromatic carbocycles. The van der Waals surface area contributed by atoms with Crippen LogP contribution >= 0.6 is 11.6 Å². The van der Waals surface area contributed by atoms with Crippen molar-refractivity contribution in [3.63, 3.8) is 0 Å². The lowest BCUT2D eigenvalue weighted by Gasteiger charge is -2.20. The van der Waals surface area contributed by atoms with Gasteiger partial charge in [-0.25, -0.2) is 9.97 Å². The Hall–Kier alpha value is -1.81. The van der Waals surface area contributed by atoms with Crippen LogP contribution in [-0.2, 0) is 6.54 Å². The number of methoxy groups -OCH3 is 1. The van der Waals surface area contributed by atoms with Crippen molar-refractivity contribution in [1.29, 1.82) is 0 Å². The second kappa shape index (κ2) is 5.89. The van der Waals surface area contributed by atoms with Gasteiger partial charge >= 0.3 is 0 Å². The summed E-state index contributed by atoms with van der Waals surface area (Å²) in [4.78, 5) is 10.3.